The van der Waals surface area contributed by atoms with E-state index in [1.165, 1.54) is 12.1 Å². The molecule has 0 spiro atoms. The second kappa shape index (κ2) is 5.48. The Morgan fingerprint density at radius 2 is 2.11 bits per heavy atom. The molecule has 0 radical (unpaired) electrons. The van der Waals surface area contributed by atoms with Crippen LogP contribution in [0.5, 0.6) is 0 Å². The van der Waals surface area contributed by atoms with Gasteiger partial charge in [0.1, 0.15) is 5.82 Å². The van der Waals surface area contributed by atoms with Gasteiger partial charge in [-0.3, -0.25) is 4.79 Å². The van der Waals surface area contributed by atoms with Gasteiger partial charge < -0.3 is 10.6 Å². The molecule has 1 heterocycles. The summed E-state index contributed by atoms with van der Waals surface area (Å²) in [5, 5.41) is 6.26. The predicted octanol–water partition coefficient (Wildman–Crippen LogP) is 1.94. The highest BCUT2D eigenvalue weighted by Gasteiger charge is 2.29. The minimum Gasteiger partial charge on any atom is -0.347 e. The number of benzene rings is 1. The zero-order chi connectivity index (χ0) is 13.1. The monoisotopic (exact) mass is 250 g/mol. The number of hydrogen-bond donors (Lipinski definition) is 2. The summed E-state index contributed by atoms with van der Waals surface area (Å²) >= 11 is 0. The zero-order valence-electron chi connectivity index (χ0n) is 10.7. The number of halogens is 1. The molecule has 4 heteroatoms. The number of carbonyl (C=O) groups is 1. The maximum atomic E-state index is 13.5. The minimum absolute atomic E-state index is 0.0471. The second-order valence-electron chi connectivity index (χ2n) is 4.99. The number of amides is 1. The normalized spacial score (nSPS) is 27.8. The minimum atomic E-state index is -0.473. The van der Waals surface area contributed by atoms with Gasteiger partial charge in [0, 0.05) is 12.1 Å². The highest BCUT2D eigenvalue weighted by atomic mass is 19.1. The van der Waals surface area contributed by atoms with Crippen LogP contribution in [0.1, 0.15) is 30.6 Å². The lowest BCUT2D eigenvalue weighted by molar-refractivity contribution is 0.0893. The van der Waals surface area contributed by atoms with Crippen molar-refractivity contribution in [3.05, 3.63) is 35.6 Å². The maximum Gasteiger partial charge on any atom is 0.254 e. The molecule has 0 saturated carbocycles. The van der Waals surface area contributed by atoms with Crippen LogP contribution in [-0.4, -0.2) is 24.5 Å². The molecule has 98 valence electrons. The standard InChI is InChI=1S/C14H19FN2O/c1-9-7-8-16-10(2)13(9)17-14(18)11-5-3-4-6-12(11)15/h3-6,9-10,13,16H,7-8H2,1-2H3,(H,17,18). The van der Waals surface area contributed by atoms with Crippen molar-refractivity contribution in [2.45, 2.75) is 32.4 Å². The SMILES string of the molecule is CC1CCNC(C)C1NC(=O)c1ccccc1F. The summed E-state index contributed by atoms with van der Waals surface area (Å²) in [4.78, 5) is 12.0. The van der Waals surface area contributed by atoms with E-state index in [-0.39, 0.29) is 23.6 Å². The summed E-state index contributed by atoms with van der Waals surface area (Å²) in [6.07, 6.45) is 1.02. The Bertz CT molecular complexity index is 426. The molecule has 1 fully saturated rings. The van der Waals surface area contributed by atoms with E-state index in [0.717, 1.165) is 13.0 Å². The molecule has 1 aliphatic heterocycles. The van der Waals surface area contributed by atoms with E-state index in [1.54, 1.807) is 12.1 Å². The Morgan fingerprint density at radius 1 is 1.39 bits per heavy atom. The van der Waals surface area contributed by atoms with E-state index in [2.05, 4.69) is 17.6 Å². The van der Waals surface area contributed by atoms with Gasteiger partial charge in [-0.25, -0.2) is 4.39 Å². The summed E-state index contributed by atoms with van der Waals surface area (Å²) in [5.74, 6) is -0.406. The Hall–Kier alpha value is -1.42. The predicted molar refractivity (Wildman–Crippen MR) is 68.9 cm³/mol. The van der Waals surface area contributed by atoms with Crippen molar-refractivity contribution in [2.75, 3.05) is 6.54 Å². The lowest BCUT2D eigenvalue weighted by Gasteiger charge is -2.36. The van der Waals surface area contributed by atoms with Crippen LogP contribution in [0, 0.1) is 11.7 Å². The third-order valence-electron chi connectivity index (χ3n) is 3.63. The van der Waals surface area contributed by atoms with Gasteiger partial charge in [-0.15, -0.1) is 0 Å². The molecule has 1 aromatic carbocycles. The van der Waals surface area contributed by atoms with Crippen molar-refractivity contribution in [2.24, 2.45) is 5.92 Å². The molecule has 3 unspecified atom stereocenters. The zero-order valence-corrected chi connectivity index (χ0v) is 10.7. The lowest BCUT2D eigenvalue weighted by Crippen LogP contribution is -2.56. The number of rotatable bonds is 2. The summed E-state index contributed by atoms with van der Waals surface area (Å²) in [6.45, 7) is 5.12. The van der Waals surface area contributed by atoms with Gasteiger partial charge in [0.2, 0.25) is 0 Å². The summed E-state index contributed by atoms with van der Waals surface area (Å²) in [5.41, 5.74) is 0.113. The second-order valence-corrected chi connectivity index (χ2v) is 4.99. The molecule has 3 nitrogen and oxygen atoms in total. The van der Waals surface area contributed by atoms with Gasteiger partial charge in [-0.1, -0.05) is 19.1 Å². The van der Waals surface area contributed by atoms with Gasteiger partial charge in [0.15, 0.2) is 0 Å². The Balaban J connectivity index is 2.09. The smallest absolute Gasteiger partial charge is 0.254 e. The maximum absolute atomic E-state index is 13.5. The lowest BCUT2D eigenvalue weighted by atomic mass is 9.89. The van der Waals surface area contributed by atoms with Crippen LogP contribution in [-0.2, 0) is 0 Å². The van der Waals surface area contributed by atoms with Crippen LogP contribution in [0.3, 0.4) is 0 Å². The van der Waals surface area contributed by atoms with Crippen molar-refractivity contribution in [1.29, 1.82) is 0 Å². The van der Waals surface area contributed by atoms with Crippen molar-refractivity contribution in [3.8, 4) is 0 Å². The van der Waals surface area contributed by atoms with Crippen molar-refractivity contribution >= 4 is 5.91 Å². The van der Waals surface area contributed by atoms with E-state index in [1.807, 2.05) is 6.92 Å². The first-order valence-electron chi connectivity index (χ1n) is 6.38. The molecular formula is C14H19FN2O. The molecule has 0 aromatic heterocycles. The van der Waals surface area contributed by atoms with Crippen LogP contribution in [0.4, 0.5) is 4.39 Å². The van der Waals surface area contributed by atoms with Crippen LogP contribution in [0.2, 0.25) is 0 Å². The van der Waals surface area contributed by atoms with E-state index >= 15 is 0 Å². The van der Waals surface area contributed by atoms with E-state index in [0.29, 0.717) is 5.92 Å². The highest BCUT2D eigenvalue weighted by Crippen LogP contribution is 2.17. The third kappa shape index (κ3) is 2.70. The van der Waals surface area contributed by atoms with E-state index in [9.17, 15) is 9.18 Å². The van der Waals surface area contributed by atoms with E-state index in [4.69, 9.17) is 0 Å². The number of carbonyl (C=O) groups excluding carboxylic acids is 1. The van der Waals surface area contributed by atoms with Crippen molar-refractivity contribution in [3.63, 3.8) is 0 Å². The fourth-order valence-corrected chi connectivity index (χ4v) is 2.48. The number of hydrogen-bond acceptors (Lipinski definition) is 2. The number of piperidine rings is 1. The fourth-order valence-electron chi connectivity index (χ4n) is 2.48. The average Bonchev–Trinajstić information content (AvgIpc) is 2.34. The molecular weight excluding hydrogens is 231 g/mol. The molecule has 1 amide bonds. The topological polar surface area (TPSA) is 41.1 Å². The van der Waals surface area contributed by atoms with Gasteiger partial charge in [0.05, 0.1) is 5.56 Å². The largest absolute Gasteiger partial charge is 0.347 e. The van der Waals surface area contributed by atoms with Crippen molar-refractivity contribution < 1.29 is 9.18 Å². The summed E-state index contributed by atoms with van der Waals surface area (Å²) < 4.78 is 13.5. The Labute approximate surface area is 107 Å². The molecule has 3 atom stereocenters. The number of nitrogens with one attached hydrogen (secondary N) is 2. The molecule has 1 aliphatic rings. The van der Waals surface area contributed by atoms with Gasteiger partial charge in [-0.05, 0) is 37.9 Å². The molecule has 1 aromatic rings. The molecule has 0 bridgehead atoms. The molecule has 1 saturated heterocycles. The molecule has 18 heavy (non-hydrogen) atoms. The Kier molecular flexibility index (Phi) is 3.97. The highest BCUT2D eigenvalue weighted by molar-refractivity contribution is 5.94. The molecule has 2 rings (SSSR count). The summed E-state index contributed by atoms with van der Waals surface area (Å²) in [7, 11) is 0. The summed E-state index contributed by atoms with van der Waals surface area (Å²) in [6, 6.07) is 6.33. The Morgan fingerprint density at radius 3 is 2.78 bits per heavy atom. The van der Waals surface area contributed by atoms with Crippen LogP contribution < -0.4 is 10.6 Å². The van der Waals surface area contributed by atoms with Crippen molar-refractivity contribution in [1.82, 2.24) is 10.6 Å². The van der Waals surface area contributed by atoms with Crippen LogP contribution >= 0.6 is 0 Å². The molecule has 0 aliphatic carbocycles. The average molecular weight is 250 g/mol. The molecule has 2 N–H and O–H groups in total. The van der Waals surface area contributed by atoms with Gasteiger partial charge >= 0.3 is 0 Å². The fraction of sp³-hybridized carbons (Fsp3) is 0.500. The van der Waals surface area contributed by atoms with Gasteiger partial charge in [0.25, 0.3) is 5.91 Å². The van der Waals surface area contributed by atoms with E-state index < -0.39 is 5.82 Å². The first-order chi connectivity index (χ1) is 8.59. The first-order valence-corrected chi connectivity index (χ1v) is 6.38. The third-order valence-corrected chi connectivity index (χ3v) is 3.63. The van der Waals surface area contributed by atoms with Crippen LogP contribution in [0.25, 0.3) is 0 Å². The first kappa shape index (κ1) is 13.0. The quantitative estimate of drug-likeness (QED) is 0.842. The van der Waals surface area contributed by atoms with Gasteiger partial charge in [-0.2, -0.15) is 0 Å². The van der Waals surface area contributed by atoms with Crippen LogP contribution in [0.15, 0.2) is 24.3 Å².